The van der Waals surface area contributed by atoms with E-state index in [4.69, 9.17) is 4.74 Å². The van der Waals surface area contributed by atoms with Gasteiger partial charge in [0.15, 0.2) is 5.65 Å². The number of nitrogens with one attached hydrogen (secondary N) is 2. The van der Waals surface area contributed by atoms with Gasteiger partial charge in [-0.25, -0.2) is 9.50 Å². The molecule has 126 valence electrons. The molecule has 2 amide bonds. The van der Waals surface area contributed by atoms with Gasteiger partial charge in [0, 0.05) is 25.4 Å². The van der Waals surface area contributed by atoms with Crippen LogP contribution in [0, 0.1) is 0 Å². The van der Waals surface area contributed by atoms with Crippen LogP contribution in [0.4, 0.5) is 0 Å². The van der Waals surface area contributed by atoms with Crippen LogP contribution in [0.3, 0.4) is 0 Å². The molecule has 8 nitrogen and oxygen atoms in total. The molecule has 4 rings (SSSR count). The number of piperidine rings is 1. The maximum atomic E-state index is 12.7. The fourth-order valence-corrected chi connectivity index (χ4v) is 3.46. The summed E-state index contributed by atoms with van der Waals surface area (Å²) < 4.78 is 7.28. The van der Waals surface area contributed by atoms with Gasteiger partial charge >= 0.3 is 0 Å². The van der Waals surface area contributed by atoms with Crippen molar-refractivity contribution in [3.8, 4) is 0 Å². The predicted molar refractivity (Wildman–Crippen MR) is 84.4 cm³/mol. The molecule has 2 aliphatic heterocycles. The molecule has 2 N–H and O–H groups in total. The van der Waals surface area contributed by atoms with E-state index in [0.29, 0.717) is 30.7 Å². The van der Waals surface area contributed by atoms with Gasteiger partial charge in [-0.3, -0.25) is 9.59 Å². The highest BCUT2D eigenvalue weighted by Crippen LogP contribution is 2.23. The van der Waals surface area contributed by atoms with E-state index in [0.717, 1.165) is 12.8 Å². The van der Waals surface area contributed by atoms with Crippen molar-refractivity contribution >= 4 is 17.5 Å². The minimum absolute atomic E-state index is 0.0126. The normalized spacial score (nSPS) is 27.2. The fourth-order valence-electron chi connectivity index (χ4n) is 3.46. The molecule has 24 heavy (non-hydrogen) atoms. The third-order valence-corrected chi connectivity index (χ3v) is 4.65. The minimum Gasteiger partial charge on any atom is -0.376 e. The van der Waals surface area contributed by atoms with Crippen LogP contribution < -0.4 is 10.6 Å². The van der Waals surface area contributed by atoms with Gasteiger partial charge in [-0.05, 0) is 25.3 Å². The summed E-state index contributed by atoms with van der Waals surface area (Å²) >= 11 is 0. The van der Waals surface area contributed by atoms with E-state index >= 15 is 0 Å². The molecule has 2 aromatic rings. The highest BCUT2D eigenvalue weighted by atomic mass is 16.5. The number of nitrogens with zero attached hydrogens (tertiary/aromatic N) is 3. The third-order valence-electron chi connectivity index (χ3n) is 4.65. The number of amides is 2. The van der Waals surface area contributed by atoms with Crippen molar-refractivity contribution in [3.05, 3.63) is 30.2 Å². The fraction of sp³-hybridized carbons (Fsp3) is 0.500. The molecule has 4 heterocycles. The van der Waals surface area contributed by atoms with Gasteiger partial charge in [0.1, 0.15) is 5.56 Å². The molecule has 0 spiro atoms. The third kappa shape index (κ3) is 2.73. The molecule has 0 aromatic carbocycles. The van der Waals surface area contributed by atoms with Crippen LogP contribution in [-0.4, -0.2) is 51.2 Å². The Hall–Kier alpha value is -2.48. The van der Waals surface area contributed by atoms with E-state index < -0.39 is 0 Å². The first-order chi connectivity index (χ1) is 11.7. The van der Waals surface area contributed by atoms with E-state index in [1.54, 1.807) is 23.0 Å². The zero-order valence-electron chi connectivity index (χ0n) is 13.1. The van der Waals surface area contributed by atoms with Crippen LogP contribution >= 0.6 is 0 Å². The van der Waals surface area contributed by atoms with Gasteiger partial charge in [0.05, 0.1) is 24.4 Å². The largest absolute Gasteiger partial charge is 0.376 e. The Balaban J connectivity index is 1.53. The average molecular weight is 329 g/mol. The summed E-state index contributed by atoms with van der Waals surface area (Å²) in [6.07, 6.45) is 7.74. The van der Waals surface area contributed by atoms with Crippen LogP contribution in [0.2, 0.25) is 0 Å². The first-order valence-electron chi connectivity index (χ1n) is 8.22. The smallest absolute Gasteiger partial charge is 0.257 e. The predicted octanol–water partition coefficient (Wildman–Crippen LogP) is 0.285. The Morgan fingerprint density at radius 2 is 2.33 bits per heavy atom. The number of fused-ring (bicyclic) bond motifs is 1. The molecule has 0 radical (unpaired) electrons. The second-order valence-electron chi connectivity index (χ2n) is 6.21. The number of hydrogen-bond acceptors (Lipinski definition) is 5. The van der Waals surface area contributed by atoms with E-state index in [-0.39, 0.29) is 30.0 Å². The van der Waals surface area contributed by atoms with Gasteiger partial charge in [-0.15, -0.1) is 0 Å². The van der Waals surface area contributed by atoms with Gasteiger partial charge in [-0.2, -0.15) is 5.10 Å². The van der Waals surface area contributed by atoms with Gasteiger partial charge in [-0.1, -0.05) is 0 Å². The summed E-state index contributed by atoms with van der Waals surface area (Å²) in [5, 5.41) is 10.2. The van der Waals surface area contributed by atoms with Gasteiger partial charge in [0.25, 0.3) is 5.91 Å². The maximum absolute atomic E-state index is 12.7. The Morgan fingerprint density at radius 1 is 1.42 bits per heavy atom. The van der Waals surface area contributed by atoms with Crippen molar-refractivity contribution in [3.63, 3.8) is 0 Å². The zero-order chi connectivity index (χ0) is 16.5. The SMILES string of the molecule is O=C1CC[C@H](NC(=O)c2cnn3cccnc23)[C@@H](C2CCCO2)N1. The van der Waals surface area contributed by atoms with Crippen LogP contribution in [0.5, 0.6) is 0 Å². The van der Waals surface area contributed by atoms with Crippen molar-refractivity contribution < 1.29 is 14.3 Å². The van der Waals surface area contributed by atoms with Crippen molar-refractivity contribution in [2.75, 3.05) is 6.61 Å². The lowest BCUT2D eigenvalue weighted by molar-refractivity contribution is -0.125. The highest BCUT2D eigenvalue weighted by molar-refractivity contribution is 5.99. The van der Waals surface area contributed by atoms with Crippen LogP contribution in [-0.2, 0) is 9.53 Å². The summed E-state index contributed by atoms with van der Waals surface area (Å²) in [5.41, 5.74) is 0.946. The van der Waals surface area contributed by atoms with Crippen LogP contribution in [0.15, 0.2) is 24.7 Å². The molecule has 3 atom stereocenters. The molecule has 2 aliphatic rings. The summed E-state index contributed by atoms with van der Waals surface area (Å²) in [4.78, 5) is 28.6. The van der Waals surface area contributed by atoms with Gasteiger partial charge in [0.2, 0.25) is 5.91 Å². The summed E-state index contributed by atoms with van der Waals surface area (Å²) in [6.45, 7) is 0.704. The number of carbonyl (C=O) groups is 2. The Labute approximate surface area is 138 Å². The summed E-state index contributed by atoms with van der Waals surface area (Å²) in [5.74, 6) is -0.216. The lowest BCUT2D eigenvalue weighted by atomic mass is 9.92. The Morgan fingerprint density at radius 3 is 3.17 bits per heavy atom. The van der Waals surface area contributed by atoms with Crippen LogP contribution in [0.25, 0.3) is 5.65 Å². The summed E-state index contributed by atoms with van der Waals surface area (Å²) in [6, 6.07) is 1.41. The molecule has 2 aromatic heterocycles. The molecular weight excluding hydrogens is 310 g/mol. The van der Waals surface area contributed by atoms with Crippen molar-refractivity contribution in [1.29, 1.82) is 0 Å². The average Bonchev–Trinajstić information content (AvgIpc) is 3.25. The van der Waals surface area contributed by atoms with Crippen molar-refractivity contribution in [1.82, 2.24) is 25.2 Å². The second-order valence-corrected chi connectivity index (χ2v) is 6.21. The number of ether oxygens (including phenoxy) is 1. The van der Waals surface area contributed by atoms with Crippen LogP contribution in [0.1, 0.15) is 36.0 Å². The van der Waals surface area contributed by atoms with E-state index in [2.05, 4.69) is 20.7 Å². The molecule has 2 fully saturated rings. The molecule has 0 aliphatic carbocycles. The number of rotatable bonds is 3. The number of carbonyl (C=O) groups excluding carboxylic acids is 2. The molecule has 1 unspecified atom stereocenters. The molecule has 0 bridgehead atoms. The molecular formula is C16H19N5O3. The first-order valence-corrected chi connectivity index (χ1v) is 8.22. The quantitative estimate of drug-likeness (QED) is 0.843. The van der Waals surface area contributed by atoms with E-state index in [1.807, 2.05) is 0 Å². The van der Waals surface area contributed by atoms with Crippen molar-refractivity contribution in [2.45, 2.75) is 43.9 Å². The maximum Gasteiger partial charge on any atom is 0.257 e. The first kappa shape index (κ1) is 15.1. The minimum atomic E-state index is -0.229. The monoisotopic (exact) mass is 329 g/mol. The zero-order valence-corrected chi connectivity index (χ0v) is 13.1. The van der Waals surface area contributed by atoms with Crippen molar-refractivity contribution in [2.24, 2.45) is 0 Å². The number of hydrogen-bond donors (Lipinski definition) is 2. The Kier molecular flexibility index (Phi) is 3.89. The second kappa shape index (κ2) is 6.20. The Bertz CT molecular complexity index is 768. The standard InChI is InChI=1S/C16H19N5O3/c22-13-5-4-11(14(20-13)12-3-1-8-24-12)19-16(23)10-9-18-21-7-2-6-17-15(10)21/h2,6-7,9,11-12,14H,1,3-5,8H2,(H,19,23)(H,20,22)/t11-,12?,14-/m0/s1. The topological polar surface area (TPSA) is 97.6 Å². The molecule has 2 saturated heterocycles. The lowest BCUT2D eigenvalue weighted by Gasteiger charge is -2.35. The molecule has 0 saturated carbocycles. The number of aromatic nitrogens is 3. The lowest BCUT2D eigenvalue weighted by Crippen LogP contribution is -2.60. The highest BCUT2D eigenvalue weighted by Gasteiger charge is 2.37. The van der Waals surface area contributed by atoms with E-state index in [1.165, 1.54) is 6.20 Å². The van der Waals surface area contributed by atoms with E-state index in [9.17, 15) is 9.59 Å². The van der Waals surface area contributed by atoms with Gasteiger partial charge < -0.3 is 15.4 Å². The summed E-state index contributed by atoms with van der Waals surface area (Å²) in [7, 11) is 0. The molecule has 8 heteroatoms.